The summed E-state index contributed by atoms with van der Waals surface area (Å²) in [6.07, 6.45) is 0.114. The molecular formula is C17H22N2O5. The number of likely N-dealkylation sites (N-methyl/N-ethyl adjacent to an activating group) is 1. The summed E-state index contributed by atoms with van der Waals surface area (Å²) in [5, 5.41) is 20.8. The molecule has 1 heterocycles. The van der Waals surface area contributed by atoms with Gasteiger partial charge in [-0.15, -0.1) is 0 Å². The molecule has 0 aromatic heterocycles. The molecule has 24 heavy (non-hydrogen) atoms. The Balaban J connectivity index is 2.42. The number of likely N-dealkylation sites (tertiary alicyclic amines) is 1. The van der Waals surface area contributed by atoms with Gasteiger partial charge in [0.05, 0.1) is 5.92 Å². The number of nitrogens with one attached hydrogen (secondary N) is 1. The Morgan fingerprint density at radius 3 is 2.46 bits per heavy atom. The first-order chi connectivity index (χ1) is 11.2. The zero-order valence-corrected chi connectivity index (χ0v) is 13.9. The summed E-state index contributed by atoms with van der Waals surface area (Å²) < 4.78 is 0. The summed E-state index contributed by atoms with van der Waals surface area (Å²) in [5.41, 5.74) is 0.638. The van der Waals surface area contributed by atoms with Crippen LogP contribution in [0, 0.1) is 12.8 Å². The number of carboxylic acid groups (broad SMARTS) is 2. The van der Waals surface area contributed by atoms with Gasteiger partial charge in [0.15, 0.2) is 0 Å². The molecule has 7 heteroatoms. The second-order valence-electron chi connectivity index (χ2n) is 6.41. The number of amides is 1. The first-order valence-electron chi connectivity index (χ1n) is 7.70. The Hall–Kier alpha value is -2.41. The van der Waals surface area contributed by atoms with Crippen molar-refractivity contribution in [1.82, 2.24) is 10.2 Å². The van der Waals surface area contributed by atoms with Crippen LogP contribution in [0.2, 0.25) is 0 Å². The molecule has 0 aliphatic carbocycles. The van der Waals surface area contributed by atoms with Crippen LogP contribution in [0.4, 0.5) is 0 Å². The molecule has 1 aromatic rings. The van der Waals surface area contributed by atoms with E-state index in [1.165, 1.54) is 0 Å². The second kappa shape index (κ2) is 6.60. The fraction of sp³-hybridized carbons (Fsp3) is 0.471. The second-order valence-corrected chi connectivity index (χ2v) is 6.41. The molecule has 1 fully saturated rings. The Labute approximate surface area is 140 Å². The molecule has 1 saturated heterocycles. The van der Waals surface area contributed by atoms with Gasteiger partial charge in [-0.1, -0.05) is 24.3 Å². The molecular weight excluding hydrogens is 312 g/mol. The quantitative estimate of drug-likeness (QED) is 0.742. The molecule has 1 aliphatic rings. The number of carbonyl (C=O) groups excluding carboxylic acids is 1. The van der Waals surface area contributed by atoms with Crippen molar-refractivity contribution in [3.8, 4) is 0 Å². The number of nitrogens with zero attached hydrogens (tertiary/aromatic N) is 1. The van der Waals surface area contributed by atoms with Crippen molar-refractivity contribution in [2.75, 3.05) is 13.6 Å². The van der Waals surface area contributed by atoms with Crippen molar-refractivity contribution in [2.24, 2.45) is 5.92 Å². The molecule has 7 nitrogen and oxygen atoms in total. The average molecular weight is 334 g/mol. The van der Waals surface area contributed by atoms with Gasteiger partial charge in [0.1, 0.15) is 12.1 Å². The predicted octanol–water partition coefficient (Wildman–Crippen LogP) is 1.03. The van der Waals surface area contributed by atoms with Gasteiger partial charge in [0, 0.05) is 6.04 Å². The Bertz CT molecular complexity index is 675. The molecule has 3 atom stereocenters. The minimum atomic E-state index is -1.20. The zero-order chi connectivity index (χ0) is 18.1. The van der Waals surface area contributed by atoms with E-state index >= 15 is 0 Å². The van der Waals surface area contributed by atoms with Crippen molar-refractivity contribution < 1.29 is 24.6 Å². The first-order valence-corrected chi connectivity index (χ1v) is 7.70. The predicted molar refractivity (Wildman–Crippen MR) is 86.5 cm³/mol. The van der Waals surface area contributed by atoms with Crippen LogP contribution in [-0.4, -0.2) is 52.1 Å². The van der Waals surface area contributed by atoms with E-state index in [4.69, 9.17) is 5.11 Å². The van der Waals surface area contributed by atoms with Crippen LogP contribution in [0.3, 0.4) is 0 Å². The lowest BCUT2D eigenvalue weighted by Crippen LogP contribution is -2.46. The normalized spacial score (nSPS) is 27.0. The molecule has 0 unspecified atom stereocenters. The maximum Gasteiger partial charge on any atom is 0.323 e. The van der Waals surface area contributed by atoms with E-state index in [0.717, 1.165) is 11.1 Å². The van der Waals surface area contributed by atoms with Crippen LogP contribution in [0.5, 0.6) is 0 Å². The molecule has 0 spiro atoms. The maximum atomic E-state index is 12.5. The van der Waals surface area contributed by atoms with Crippen LogP contribution in [0.1, 0.15) is 30.5 Å². The lowest BCUT2D eigenvalue weighted by molar-refractivity contribution is -0.148. The first kappa shape index (κ1) is 17.9. The van der Waals surface area contributed by atoms with E-state index in [9.17, 15) is 19.5 Å². The third kappa shape index (κ3) is 3.12. The maximum absolute atomic E-state index is 12.5. The number of aliphatic carboxylic acids is 2. The van der Waals surface area contributed by atoms with Gasteiger partial charge in [0.25, 0.3) is 0 Å². The van der Waals surface area contributed by atoms with Crippen LogP contribution in [0.25, 0.3) is 0 Å². The van der Waals surface area contributed by atoms with E-state index in [-0.39, 0.29) is 6.42 Å². The highest BCUT2D eigenvalue weighted by Crippen LogP contribution is 2.46. The summed E-state index contributed by atoms with van der Waals surface area (Å²) in [5.74, 6) is -3.22. The molecule has 0 radical (unpaired) electrons. The topological polar surface area (TPSA) is 107 Å². The summed E-state index contributed by atoms with van der Waals surface area (Å²) >= 11 is 0. The van der Waals surface area contributed by atoms with Crippen LogP contribution in [-0.2, 0) is 14.4 Å². The van der Waals surface area contributed by atoms with Crippen molar-refractivity contribution in [3.05, 3.63) is 35.4 Å². The van der Waals surface area contributed by atoms with Gasteiger partial charge in [-0.25, -0.2) is 0 Å². The monoisotopic (exact) mass is 334 g/mol. The van der Waals surface area contributed by atoms with Gasteiger partial charge in [-0.2, -0.15) is 0 Å². The number of rotatable bonds is 5. The molecule has 1 aliphatic heterocycles. The number of carbonyl (C=O) groups is 3. The fourth-order valence-electron chi connectivity index (χ4n) is 3.37. The molecule has 1 aromatic carbocycles. The Morgan fingerprint density at radius 2 is 1.92 bits per heavy atom. The third-order valence-corrected chi connectivity index (χ3v) is 4.91. The average Bonchev–Trinajstić information content (AvgIpc) is 2.79. The van der Waals surface area contributed by atoms with Gasteiger partial charge >= 0.3 is 11.9 Å². The standard InChI is InChI=1S/C17H22N2O5/c1-10-6-4-5-7-11(10)14-12(15(22)18-9-13(20)21)8-17(2,16(23)24)19(14)3/h4-7,12,14H,8-9H2,1-3H3,(H,18,22)(H,20,21)(H,23,24)/t12-,14-,17-/m0/s1. The molecule has 0 saturated carbocycles. The molecule has 130 valence electrons. The summed E-state index contributed by atoms with van der Waals surface area (Å²) in [7, 11) is 1.69. The summed E-state index contributed by atoms with van der Waals surface area (Å²) in [6, 6.07) is 7.08. The van der Waals surface area contributed by atoms with Crippen molar-refractivity contribution in [2.45, 2.75) is 31.8 Å². The number of benzene rings is 1. The van der Waals surface area contributed by atoms with Crippen LogP contribution in [0.15, 0.2) is 24.3 Å². The Kier molecular flexibility index (Phi) is 4.94. The van der Waals surface area contributed by atoms with E-state index in [0.29, 0.717) is 0 Å². The lowest BCUT2D eigenvalue weighted by Gasteiger charge is -2.32. The lowest BCUT2D eigenvalue weighted by atomic mass is 9.88. The van der Waals surface area contributed by atoms with Crippen molar-refractivity contribution >= 4 is 17.8 Å². The zero-order valence-electron chi connectivity index (χ0n) is 13.9. The Morgan fingerprint density at radius 1 is 1.29 bits per heavy atom. The fourth-order valence-corrected chi connectivity index (χ4v) is 3.37. The number of carboxylic acids is 2. The minimum Gasteiger partial charge on any atom is -0.480 e. The van der Waals surface area contributed by atoms with Gasteiger partial charge in [-0.05, 0) is 38.4 Å². The van der Waals surface area contributed by atoms with E-state index < -0.39 is 41.9 Å². The summed E-state index contributed by atoms with van der Waals surface area (Å²) in [6.45, 7) is 3.01. The number of aryl methyl sites for hydroxylation is 1. The van der Waals surface area contributed by atoms with Crippen molar-refractivity contribution in [1.29, 1.82) is 0 Å². The van der Waals surface area contributed by atoms with Gasteiger partial charge in [-0.3, -0.25) is 19.3 Å². The highest BCUT2D eigenvalue weighted by atomic mass is 16.4. The molecule has 0 bridgehead atoms. The third-order valence-electron chi connectivity index (χ3n) is 4.91. The molecule has 3 N–H and O–H groups in total. The van der Waals surface area contributed by atoms with E-state index in [1.807, 2.05) is 31.2 Å². The highest BCUT2D eigenvalue weighted by Gasteiger charge is 2.54. The van der Waals surface area contributed by atoms with E-state index in [1.54, 1.807) is 18.9 Å². The largest absolute Gasteiger partial charge is 0.480 e. The smallest absolute Gasteiger partial charge is 0.323 e. The number of hydrogen-bond donors (Lipinski definition) is 3. The van der Waals surface area contributed by atoms with Crippen LogP contribution < -0.4 is 5.32 Å². The number of hydrogen-bond acceptors (Lipinski definition) is 4. The van der Waals surface area contributed by atoms with Crippen LogP contribution >= 0.6 is 0 Å². The molecule has 2 rings (SSSR count). The molecule has 1 amide bonds. The minimum absolute atomic E-state index is 0.114. The SMILES string of the molecule is Cc1ccccc1[C@H]1[C@@H](C(=O)NCC(=O)O)C[C@@](C)(C(=O)O)N1C. The highest BCUT2D eigenvalue weighted by molar-refractivity contribution is 5.87. The van der Waals surface area contributed by atoms with Gasteiger partial charge < -0.3 is 15.5 Å². The van der Waals surface area contributed by atoms with Gasteiger partial charge in [0.2, 0.25) is 5.91 Å². The van der Waals surface area contributed by atoms with Crippen molar-refractivity contribution in [3.63, 3.8) is 0 Å². The summed E-state index contributed by atoms with van der Waals surface area (Å²) in [4.78, 5) is 36.7. The van der Waals surface area contributed by atoms with E-state index in [2.05, 4.69) is 5.32 Å².